The van der Waals surface area contributed by atoms with E-state index in [-0.39, 0.29) is 6.03 Å². The lowest BCUT2D eigenvalue weighted by Crippen LogP contribution is -2.41. The monoisotopic (exact) mass is 201 g/mol. The van der Waals surface area contributed by atoms with E-state index in [1.807, 2.05) is 5.43 Å². The van der Waals surface area contributed by atoms with Crippen LogP contribution in [0.25, 0.3) is 0 Å². The molecule has 4 N–H and O–H groups in total. The van der Waals surface area contributed by atoms with E-state index in [0.717, 1.165) is 12.8 Å². The number of nitrogens with two attached hydrogens (primary N) is 1. The van der Waals surface area contributed by atoms with Gasteiger partial charge in [0.15, 0.2) is 0 Å². The Balaban J connectivity index is 1.94. The van der Waals surface area contributed by atoms with Crippen molar-refractivity contribution in [2.45, 2.75) is 38.2 Å². The number of urea groups is 1. The Morgan fingerprint density at radius 1 is 1.36 bits per heavy atom. The fraction of sp³-hybridized carbons (Fsp3) is 0.889. The van der Waals surface area contributed by atoms with Crippen LogP contribution in [0.5, 0.6) is 0 Å². The van der Waals surface area contributed by atoms with Crippen LogP contribution in [0.15, 0.2) is 0 Å². The number of rotatable bonds is 4. The highest BCUT2D eigenvalue weighted by Crippen LogP contribution is 2.19. The zero-order chi connectivity index (χ0) is 10.2. The molecule has 0 aromatic carbocycles. The van der Waals surface area contributed by atoms with E-state index in [2.05, 4.69) is 5.32 Å². The molecule has 0 spiro atoms. The predicted molar refractivity (Wildman–Crippen MR) is 53.5 cm³/mol. The molecular formula is C9H19N3O2. The van der Waals surface area contributed by atoms with Crippen LogP contribution in [0, 0.1) is 0 Å². The molecule has 2 amide bonds. The van der Waals surface area contributed by atoms with E-state index in [4.69, 9.17) is 10.6 Å². The largest absolute Gasteiger partial charge is 0.376 e. The van der Waals surface area contributed by atoms with Gasteiger partial charge in [-0.2, -0.15) is 0 Å². The summed E-state index contributed by atoms with van der Waals surface area (Å²) < 4.78 is 5.59. The number of nitrogens with one attached hydrogen (secondary N) is 2. The molecule has 0 unspecified atom stereocenters. The summed E-state index contributed by atoms with van der Waals surface area (Å²) in [6.07, 6.45) is 6.56. The average Bonchev–Trinajstić information content (AvgIpc) is 2.25. The summed E-state index contributed by atoms with van der Waals surface area (Å²) in [7, 11) is 0. The van der Waals surface area contributed by atoms with Crippen LogP contribution in [0.1, 0.15) is 32.1 Å². The average molecular weight is 201 g/mol. The van der Waals surface area contributed by atoms with Crippen molar-refractivity contribution >= 4 is 6.03 Å². The first-order chi connectivity index (χ1) is 6.83. The molecule has 1 rings (SSSR count). The highest BCUT2D eigenvalue weighted by molar-refractivity contribution is 5.72. The molecule has 1 aliphatic rings. The normalized spacial score (nSPS) is 17.8. The van der Waals surface area contributed by atoms with E-state index in [1.54, 1.807) is 0 Å². The maximum Gasteiger partial charge on any atom is 0.328 e. The van der Waals surface area contributed by atoms with Gasteiger partial charge in [-0.15, -0.1) is 0 Å². The molecular weight excluding hydrogens is 182 g/mol. The minimum Gasteiger partial charge on any atom is -0.376 e. The third-order valence-corrected chi connectivity index (χ3v) is 2.42. The molecule has 5 heteroatoms. The van der Waals surface area contributed by atoms with Crippen LogP contribution < -0.4 is 16.6 Å². The molecule has 0 heterocycles. The van der Waals surface area contributed by atoms with Crippen molar-refractivity contribution in [1.82, 2.24) is 10.7 Å². The van der Waals surface area contributed by atoms with Gasteiger partial charge in [-0.25, -0.2) is 10.6 Å². The van der Waals surface area contributed by atoms with Gasteiger partial charge in [-0.3, -0.25) is 5.43 Å². The summed E-state index contributed by atoms with van der Waals surface area (Å²) in [5, 5.41) is 2.57. The molecule has 0 atom stereocenters. The van der Waals surface area contributed by atoms with Crippen LogP contribution in [0.4, 0.5) is 4.79 Å². The summed E-state index contributed by atoms with van der Waals surface area (Å²) in [5.41, 5.74) is 2.00. The number of hydrogen-bond donors (Lipinski definition) is 3. The second-order valence-electron chi connectivity index (χ2n) is 3.53. The molecule has 14 heavy (non-hydrogen) atoms. The van der Waals surface area contributed by atoms with Gasteiger partial charge in [-0.1, -0.05) is 19.3 Å². The zero-order valence-electron chi connectivity index (χ0n) is 8.42. The molecule has 82 valence electrons. The standard InChI is InChI=1S/C9H19N3O2/c10-12-9(13)11-6-7-14-8-4-2-1-3-5-8/h8H,1-7,10H2,(H2,11,12,13). The Labute approximate surface area is 84.3 Å². The van der Waals surface area contributed by atoms with Crippen molar-refractivity contribution in [1.29, 1.82) is 0 Å². The molecule has 0 bridgehead atoms. The van der Waals surface area contributed by atoms with Crippen molar-refractivity contribution < 1.29 is 9.53 Å². The van der Waals surface area contributed by atoms with Crippen LogP contribution in [0.2, 0.25) is 0 Å². The first-order valence-electron chi connectivity index (χ1n) is 5.19. The Hall–Kier alpha value is -0.810. The number of ether oxygens (including phenoxy) is 1. The van der Waals surface area contributed by atoms with Gasteiger partial charge < -0.3 is 10.1 Å². The Bertz CT molecular complexity index is 169. The Morgan fingerprint density at radius 3 is 2.71 bits per heavy atom. The highest BCUT2D eigenvalue weighted by atomic mass is 16.5. The number of hydrogen-bond acceptors (Lipinski definition) is 3. The van der Waals surface area contributed by atoms with Crippen LogP contribution >= 0.6 is 0 Å². The van der Waals surface area contributed by atoms with E-state index in [9.17, 15) is 4.79 Å². The minimum atomic E-state index is -0.364. The summed E-state index contributed by atoms with van der Waals surface area (Å²) in [4.78, 5) is 10.7. The number of carbonyl (C=O) groups is 1. The SMILES string of the molecule is NNC(=O)NCCOC1CCCCC1. The zero-order valence-corrected chi connectivity index (χ0v) is 8.42. The molecule has 0 aromatic rings. The molecule has 0 aromatic heterocycles. The highest BCUT2D eigenvalue weighted by Gasteiger charge is 2.12. The van der Waals surface area contributed by atoms with Crippen molar-refractivity contribution in [3.63, 3.8) is 0 Å². The van der Waals surface area contributed by atoms with Crippen molar-refractivity contribution in [2.24, 2.45) is 5.84 Å². The second kappa shape index (κ2) is 6.62. The smallest absolute Gasteiger partial charge is 0.328 e. The van der Waals surface area contributed by atoms with Gasteiger partial charge in [-0.05, 0) is 12.8 Å². The molecule has 1 aliphatic carbocycles. The van der Waals surface area contributed by atoms with E-state index in [1.165, 1.54) is 19.3 Å². The fourth-order valence-corrected chi connectivity index (χ4v) is 1.67. The molecule has 0 aliphatic heterocycles. The van der Waals surface area contributed by atoms with Gasteiger partial charge in [0.05, 0.1) is 12.7 Å². The topological polar surface area (TPSA) is 76.4 Å². The lowest BCUT2D eigenvalue weighted by atomic mass is 9.98. The van der Waals surface area contributed by atoms with E-state index >= 15 is 0 Å². The summed E-state index contributed by atoms with van der Waals surface area (Å²) in [6.45, 7) is 1.08. The maximum absolute atomic E-state index is 10.7. The molecule has 1 fully saturated rings. The summed E-state index contributed by atoms with van der Waals surface area (Å²) in [6, 6.07) is -0.364. The van der Waals surface area contributed by atoms with Crippen molar-refractivity contribution in [2.75, 3.05) is 13.2 Å². The Morgan fingerprint density at radius 2 is 2.07 bits per heavy atom. The molecule has 5 nitrogen and oxygen atoms in total. The summed E-state index contributed by atoms with van der Waals surface area (Å²) >= 11 is 0. The van der Waals surface area contributed by atoms with Crippen molar-refractivity contribution in [3.05, 3.63) is 0 Å². The van der Waals surface area contributed by atoms with E-state index in [0.29, 0.717) is 19.3 Å². The molecule has 0 radical (unpaired) electrons. The first kappa shape index (κ1) is 11.3. The first-order valence-corrected chi connectivity index (χ1v) is 5.19. The third-order valence-electron chi connectivity index (χ3n) is 2.42. The summed E-state index contributed by atoms with van der Waals surface area (Å²) in [5.74, 6) is 4.89. The number of hydrazine groups is 1. The lowest BCUT2D eigenvalue weighted by molar-refractivity contribution is 0.0311. The Kier molecular flexibility index (Phi) is 5.32. The fourth-order valence-electron chi connectivity index (χ4n) is 1.67. The van der Waals surface area contributed by atoms with Gasteiger partial charge in [0.2, 0.25) is 0 Å². The van der Waals surface area contributed by atoms with Crippen LogP contribution in [0.3, 0.4) is 0 Å². The quantitative estimate of drug-likeness (QED) is 0.268. The van der Waals surface area contributed by atoms with Crippen LogP contribution in [-0.4, -0.2) is 25.3 Å². The number of amides is 2. The number of carbonyl (C=O) groups excluding carboxylic acids is 1. The van der Waals surface area contributed by atoms with Crippen LogP contribution in [-0.2, 0) is 4.74 Å². The second-order valence-corrected chi connectivity index (χ2v) is 3.53. The van der Waals surface area contributed by atoms with Crippen molar-refractivity contribution in [3.8, 4) is 0 Å². The third kappa shape index (κ3) is 4.43. The lowest BCUT2D eigenvalue weighted by Gasteiger charge is -2.21. The van der Waals surface area contributed by atoms with Gasteiger partial charge in [0.25, 0.3) is 0 Å². The molecule has 1 saturated carbocycles. The van der Waals surface area contributed by atoms with Gasteiger partial charge >= 0.3 is 6.03 Å². The molecule has 0 saturated heterocycles. The van der Waals surface area contributed by atoms with E-state index < -0.39 is 0 Å². The van der Waals surface area contributed by atoms with Gasteiger partial charge in [0.1, 0.15) is 0 Å². The maximum atomic E-state index is 10.7. The predicted octanol–water partition coefficient (Wildman–Crippen LogP) is 0.509. The van der Waals surface area contributed by atoms with Gasteiger partial charge in [0, 0.05) is 6.54 Å². The minimum absolute atomic E-state index is 0.364.